The smallest absolute Gasteiger partial charge is 0.337 e. The Morgan fingerprint density at radius 3 is 2.67 bits per heavy atom. The molecule has 0 radical (unpaired) electrons. The fourth-order valence-electron chi connectivity index (χ4n) is 7.08. The molecule has 2 aromatic heterocycles. The highest BCUT2D eigenvalue weighted by atomic mass is 35.5. The van der Waals surface area contributed by atoms with Gasteiger partial charge in [0.15, 0.2) is 5.13 Å². The minimum atomic E-state index is -0.324. The maximum Gasteiger partial charge on any atom is 0.337 e. The number of benzene rings is 2. The summed E-state index contributed by atoms with van der Waals surface area (Å²) in [6.45, 7) is 2.69. The number of aromatic nitrogens is 2. The summed E-state index contributed by atoms with van der Waals surface area (Å²) in [4.78, 5) is 20.0. The van der Waals surface area contributed by atoms with Crippen molar-refractivity contribution >= 4 is 55.9 Å². The van der Waals surface area contributed by atoms with E-state index < -0.39 is 0 Å². The normalized spacial score (nSPS) is 24.9. The zero-order chi connectivity index (χ0) is 29.2. The van der Waals surface area contributed by atoms with E-state index in [9.17, 15) is 4.79 Å². The maximum absolute atomic E-state index is 12.5. The van der Waals surface area contributed by atoms with Crippen LogP contribution in [0.1, 0.15) is 71.2 Å². The van der Waals surface area contributed by atoms with Crippen LogP contribution < -0.4 is 4.90 Å². The van der Waals surface area contributed by atoms with E-state index in [1.807, 2.05) is 30.3 Å². The lowest BCUT2D eigenvalue weighted by Crippen LogP contribution is -2.38. The van der Waals surface area contributed by atoms with Crippen molar-refractivity contribution in [1.29, 1.82) is 0 Å². The summed E-state index contributed by atoms with van der Waals surface area (Å²) in [6, 6.07) is 9.71. The summed E-state index contributed by atoms with van der Waals surface area (Å²) in [7, 11) is 1.42. The predicted octanol–water partition coefficient (Wildman–Crippen LogP) is 7.61. The Morgan fingerprint density at radius 1 is 1.14 bits per heavy atom. The summed E-state index contributed by atoms with van der Waals surface area (Å²) >= 11 is 14.8. The van der Waals surface area contributed by atoms with Gasteiger partial charge in [-0.2, -0.15) is 0 Å². The highest BCUT2D eigenvalue weighted by Gasteiger charge is 2.47. The minimum absolute atomic E-state index is 0.143. The summed E-state index contributed by atoms with van der Waals surface area (Å²) in [6.07, 6.45) is 5.27. The van der Waals surface area contributed by atoms with Crippen molar-refractivity contribution in [2.45, 2.75) is 62.7 Å². The van der Waals surface area contributed by atoms with E-state index in [1.54, 1.807) is 11.3 Å². The molecule has 0 amide bonds. The number of carbonyl (C=O) groups excluding carboxylic acids is 1. The van der Waals surface area contributed by atoms with E-state index >= 15 is 0 Å². The van der Waals surface area contributed by atoms with Crippen molar-refractivity contribution in [3.8, 4) is 11.3 Å². The number of anilines is 1. The fourth-order valence-corrected chi connectivity index (χ4v) is 8.77. The van der Waals surface area contributed by atoms with Gasteiger partial charge in [0, 0.05) is 48.1 Å². The van der Waals surface area contributed by atoms with Gasteiger partial charge in [0.1, 0.15) is 11.5 Å². The van der Waals surface area contributed by atoms with Gasteiger partial charge in [0.2, 0.25) is 0 Å². The van der Waals surface area contributed by atoms with Crippen molar-refractivity contribution < 1.29 is 23.5 Å². The van der Waals surface area contributed by atoms with Crippen molar-refractivity contribution in [3.05, 3.63) is 62.8 Å². The number of carbonyl (C=O) groups is 1. The molecule has 8 nitrogen and oxygen atoms in total. The molecule has 2 saturated carbocycles. The van der Waals surface area contributed by atoms with Crippen LogP contribution in [0.2, 0.25) is 10.0 Å². The average Bonchev–Trinajstić information content (AvgIpc) is 3.52. The van der Waals surface area contributed by atoms with Crippen molar-refractivity contribution in [2.24, 2.45) is 5.92 Å². The van der Waals surface area contributed by atoms with E-state index in [0.29, 0.717) is 58.0 Å². The van der Waals surface area contributed by atoms with Gasteiger partial charge >= 0.3 is 5.97 Å². The van der Waals surface area contributed by atoms with Crippen LogP contribution in [0.5, 0.6) is 0 Å². The highest BCUT2D eigenvalue weighted by molar-refractivity contribution is 7.22. The molecule has 8 rings (SSSR count). The number of nitrogens with zero attached hydrogens (tertiary/aromatic N) is 3. The molecule has 4 fully saturated rings. The SMILES string of the molecule is COC(=O)c1cc([C@@H]2CCOC2)c2nc(N3C[C@@H]4C[C@H]3C[C@H]4OCc3c(-c4c(Cl)cccc4Cl)noc3C3CC3)sc2c1. The summed E-state index contributed by atoms with van der Waals surface area (Å²) < 4.78 is 24.2. The molecule has 43 heavy (non-hydrogen) atoms. The van der Waals surface area contributed by atoms with Crippen LogP contribution in [0.25, 0.3) is 21.5 Å². The molecule has 2 saturated heterocycles. The van der Waals surface area contributed by atoms with Gasteiger partial charge in [0.25, 0.3) is 0 Å². The lowest BCUT2D eigenvalue weighted by molar-refractivity contribution is 0.0122. The molecule has 11 heteroatoms. The molecule has 4 heterocycles. The zero-order valence-corrected chi connectivity index (χ0v) is 26.0. The first-order valence-electron chi connectivity index (χ1n) is 14.9. The number of thiazole rings is 1. The second kappa shape index (κ2) is 11.0. The molecule has 4 aliphatic rings. The number of rotatable bonds is 8. The van der Waals surface area contributed by atoms with Crippen molar-refractivity contribution in [3.63, 3.8) is 0 Å². The number of halogens is 2. The number of hydrogen-bond donors (Lipinski definition) is 0. The van der Waals surface area contributed by atoms with E-state index in [-0.39, 0.29) is 18.0 Å². The lowest BCUT2D eigenvalue weighted by atomic mass is 9.95. The number of hydrogen-bond acceptors (Lipinski definition) is 9. The Kier molecular flexibility index (Phi) is 7.14. The fraction of sp³-hybridized carbons (Fsp3) is 0.469. The Labute approximate surface area is 263 Å². The van der Waals surface area contributed by atoms with E-state index in [4.69, 9.17) is 46.9 Å². The second-order valence-electron chi connectivity index (χ2n) is 12.1. The van der Waals surface area contributed by atoms with Gasteiger partial charge in [-0.05, 0) is 61.9 Å². The Bertz CT molecular complexity index is 1690. The molecule has 4 atom stereocenters. The topological polar surface area (TPSA) is 86.9 Å². The number of methoxy groups -OCH3 is 1. The van der Waals surface area contributed by atoms with Gasteiger partial charge < -0.3 is 23.6 Å². The minimum Gasteiger partial charge on any atom is -0.465 e. The van der Waals surface area contributed by atoms with E-state index in [0.717, 1.165) is 77.5 Å². The average molecular weight is 641 g/mol. The summed E-state index contributed by atoms with van der Waals surface area (Å²) in [5.74, 6) is 1.60. The maximum atomic E-state index is 12.5. The molecule has 0 unspecified atom stereocenters. The second-order valence-corrected chi connectivity index (χ2v) is 13.9. The number of fused-ring (bicyclic) bond motifs is 3. The van der Waals surface area contributed by atoms with Crippen molar-refractivity contribution in [2.75, 3.05) is 31.8 Å². The van der Waals surface area contributed by atoms with Gasteiger partial charge in [-0.15, -0.1) is 0 Å². The van der Waals surface area contributed by atoms with E-state index in [2.05, 4.69) is 10.1 Å². The summed E-state index contributed by atoms with van der Waals surface area (Å²) in [5.41, 5.74) is 4.98. The monoisotopic (exact) mass is 639 g/mol. The Morgan fingerprint density at radius 2 is 1.98 bits per heavy atom. The molecular weight excluding hydrogens is 609 g/mol. The Hall–Kier alpha value is -2.69. The molecule has 0 spiro atoms. The van der Waals surface area contributed by atoms with E-state index in [1.165, 1.54) is 7.11 Å². The number of ether oxygens (including phenoxy) is 3. The lowest BCUT2D eigenvalue weighted by Gasteiger charge is -2.31. The highest BCUT2D eigenvalue weighted by Crippen LogP contribution is 2.48. The molecular formula is C32H31Cl2N3O5S. The first-order valence-corrected chi connectivity index (χ1v) is 16.5. The molecule has 2 aromatic carbocycles. The first-order chi connectivity index (χ1) is 21.0. The molecule has 4 aromatic rings. The van der Waals surface area contributed by atoms with Gasteiger partial charge in [0.05, 0.1) is 52.3 Å². The van der Waals surface area contributed by atoms with Crippen LogP contribution in [0.4, 0.5) is 5.13 Å². The van der Waals surface area contributed by atoms with Crippen LogP contribution in [0, 0.1) is 5.92 Å². The third kappa shape index (κ3) is 4.93. The first kappa shape index (κ1) is 27.8. The molecule has 2 aliphatic carbocycles. The Balaban J connectivity index is 1.02. The molecule has 224 valence electrons. The van der Waals surface area contributed by atoms with Crippen LogP contribution in [0.3, 0.4) is 0 Å². The third-order valence-corrected chi connectivity index (χ3v) is 11.1. The van der Waals surface area contributed by atoms with Crippen LogP contribution in [-0.4, -0.2) is 55.1 Å². The third-order valence-electron chi connectivity index (χ3n) is 9.43. The summed E-state index contributed by atoms with van der Waals surface area (Å²) in [5, 5.41) is 6.53. The van der Waals surface area contributed by atoms with Gasteiger partial charge in [-0.25, -0.2) is 9.78 Å². The van der Waals surface area contributed by atoms with Gasteiger partial charge in [-0.3, -0.25) is 0 Å². The zero-order valence-electron chi connectivity index (χ0n) is 23.7. The number of esters is 1. The molecule has 0 N–H and O–H groups in total. The molecule has 2 bridgehead atoms. The standard InChI is InChI=1S/C32H31Cl2N3O5S/c1-39-31(38)18-10-21(17-7-8-40-14-17)28-26(11-18)43-32(35-28)37-13-19-9-20(37)12-25(19)41-15-22-29(36-42-30(22)16-5-6-16)27-23(33)3-2-4-24(27)34/h2-4,10-11,16-17,19-20,25H,5-9,12-15H2,1H3/t17-,19+,20+,25-/m1/s1. The number of piperidine rings is 1. The largest absolute Gasteiger partial charge is 0.465 e. The van der Waals surface area contributed by atoms with Crippen LogP contribution in [0.15, 0.2) is 34.9 Å². The van der Waals surface area contributed by atoms with Crippen LogP contribution >= 0.6 is 34.5 Å². The predicted molar refractivity (Wildman–Crippen MR) is 166 cm³/mol. The van der Waals surface area contributed by atoms with Gasteiger partial charge in [-0.1, -0.05) is 45.8 Å². The quantitative estimate of drug-likeness (QED) is 0.182. The molecule has 2 aliphatic heterocycles. The van der Waals surface area contributed by atoms with Crippen LogP contribution in [-0.2, 0) is 20.8 Å². The van der Waals surface area contributed by atoms with Crippen molar-refractivity contribution in [1.82, 2.24) is 10.1 Å².